The molecular weight excluding hydrogens is 294 g/mol. The SMILES string of the molecule is O=C(NCCS(=O)(=O)NCc1cccnc1)c1ccco1. The van der Waals surface area contributed by atoms with Crippen molar-refractivity contribution in [3.8, 4) is 0 Å². The van der Waals surface area contributed by atoms with Gasteiger partial charge in [0.25, 0.3) is 5.91 Å². The highest BCUT2D eigenvalue weighted by Gasteiger charge is 2.12. The average Bonchev–Trinajstić information content (AvgIpc) is 3.00. The molecule has 0 atom stereocenters. The Kier molecular flexibility index (Phi) is 5.07. The number of nitrogens with one attached hydrogen (secondary N) is 2. The van der Waals surface area contributed by atoms with Crippen molar-refractivity contribution in [1.82, 2.24) is 15.0 Å². The maximum Gasteiger partial charge on any atom is 0.287 e. The molecule has 112 valence electrons. The molecule has 0 aromatic carbocycles. The van der Waals surface area contributed by atoms with Gasteiger partial charge in [-0.15, -0.1) is 0 Å². The molecule has 0 fully saturated rings. The zero-order chi connectivity index (χ0) is 15.1. The number of nitrogens with zero attached hydrogens (tertiary/aromatic N) is 1. The number of pyridine rings is 1. The topological polar surface area (TPSA) is 101 Å². The van der Waals surface area contributed by atoms with Gasteiger partial charge >= 0.3 is 0 Å². The summed E-state index contributed by atoms with van der Waals surface area (Å²) >= 11 is 0. The lowest BCUT2D eigenvalue weighted by atomic mass is 10.3. The first-order valence-electron chi connectivity index (χ1n) is 6.25. The van der Waals surface area contributed by atoms with E-state index in [0.29, 0.717) is 0 Å². The second-order valence-electron chi connectivity index (χ2n) is 4.23. The van der Waals surface area contributed by atoms with E-state index in [-0.39, 0.29) is 24.6 Å². The minimum atomic E-state index is -3.47. The number of carbonyl (C=O) groups is 1. The van der Waals surface area contributed by atoms with Crippen molar-refractivity contribution < 1.29 is 17.6 Å². The third-order valence-electron chi connectivity index (χ3n) is 2.62. The molecular formula is C13H15N3O4S. The molecule has 0 bridgehead atoms. The van der Waals surface area contributed by atoms with Crippen molar-refractivity contribution in [3.63, 3.8) is 0 Å². The Morgan fingerprint density at radius 3 is 2.81 bits per heavy atom. The number of sulfonamides is 1. The molecule has 2 rings (SSSR count). The minimum absolute atomic E-state index is 0.00189. The van der Waals surface area contributed by atoms with E-state index >= 15 is 0 Å². The Hall–Kier alpha value is -2.19. The number of hydrogen-bond donors (Lipinski definition) is 2. The van der Waals surface area contributed by atoms with Crippen LogP contribution in [0.25, 0.3) is 0 Å². The quantitative estimate of drug-likeness (QED) is 0.776. The molecule has 0 radical (unpaired) electrons. The van der Waals surface area contributed by atoms with Crippen LogP contribution < -0.4 is 10.0 Å². The summed E-state index contributed by atoms with van der Waals surface area (Å²) < 4.78 is 30.9. The lowest BCUT2D eigenvalue weighted by Gasteiger charge is -2.07. The Balaban J connectivity index is 1.75. The third kappa shape index (κ3) is 5.01. The van der Waals surface area contributed by atoms with Gasteiger partial charge < -0.3 is 9.73 Å². The van der Waals surface area contributed by atoms with Gasteiger partial charge in [0.2, 0.25) is 10.0 Å². The fraction of sp³-hybridized carbons (Fsp3) is 0.231. The van der Waals surface area contributed by atoms with E-state index < -0.39 is 15.9 Å². The smallest absolute Gasteiger partial charge is 0.287 e. The van der Waals surface area contributed by atoms with E-state index in [4.69, 9.17) is 4.42 Å². The first-order valence-corrected chi connectivity index (χ1v) is 7.90. The fourth-order valence-electron chi connectivity index (χ4n) is 1.56. The Morgan fingerprint density at radius 1 is 1.29 bits per heavy atom. The van der Waals surface area contributed by atoms with E-state index in [2.05, 4.69) is 15.0 Å². The second kappa shape index (κ2) is 7.00. The summed E-state index contributed by atoms with van der Waals surface area (Å²) in [6.07, 6.45) is 4.57. The van der Waals surface area contributed by atoms with Crippen LogP contribution in [0.3, 0.4) is 0 Å². The summed E-state index contributed by atoms with van der Waals surface area (Å²) in [7, 11) is -3.47. The molecule has 0 saturated heterocycles. The number of hydrogen-bond acceptors (Lipinski definition) is 5. The monoisotopic (exact) mass is 309 g/mol. The molecule has 2 N–H and O–H groups in total. The zero-order valence-electron chi connectivity index (χ0n) is 11.2. The number of amides is 1. The highest BCUT2D eigenvalue weighted by Crippen LogP contribution is 1.99. The molecule has 0 saturated carbocycles. The zero-order valence-corrected chi connectivity index (χ0v) is 12.0. The molecule has 1 amide bonds. The second-order valence-corrected chi connectivity index (χ2v) is 6.16. The van der Waals surface area contributed by atoms with Crippen LogP contribution in [0, 0.1) is 0 Å². The number of aromatic nitrogens is 1. The van der Waals surface area contributed by atoms with Crippen molar-refractivity contribution in [1.29, 1.82) is 0 Å². The normalized spacial score (nSPS) is 11.2. The number of furan rings is 1. The molecule has 0 spiro atoms. The summed E-state index contributed by atoms with van der Waals surface area (Å²) in [5.41, 5.74) is 0.765. The maximum atomic E-state index is 11.8. The van der Waals surface area contributed by atoms with Gasteiger partial charge in [-0.05, 0) is 23.8 Å². The van der Waals surface area contributed by atoms with E-state index in [1.54, 1.807) is 30.6 Å². The van der Waals surface area contributed by atoms with Crippen LogP contribution in [0.5, 0.6) is 0 Å². The highest BCUT2D eigenvalue weighted by molar-refractivity contribution is 7.89. The molecule has 0 aliphatic rings. The van der Waals surface area contributed by atoms with Crippen molar-refractivity contribution >= 4 is 15.9 Å². The van der Waals surface area contributed by atoms with Crippen LogP contribution in [0.15, 0.2) is 47.3 Å². The molecule has 2 aromatic rings. The van der Waals surface area contributed by atoms with Gasteiger partial charge in [0.1, 0.15) is 0 Å². The Labute approximate surface area is 122 Å². The predicted octanol–water partition coefficient (Wildman–Crippen LogP) is 0.524. The lowest BCUT2D eigenvalue weighted by molar-refractivity contribution is 0.0928. The van der Waals surface area contributed by atoms with Crippen molar-refractivity contribution in [2.45, 2.75) is 6.54 Å². The largest absolute Gasteiger partial charge is 0.459 e. The standard InChI is InChI=1S/C13H15N3O4S/c17-13(12-4-2-7-20-12)15-6-8-21(18,19)16-10-11-3-1-5-14-9-11/h1-5,7,9,16H,6,8,10H2,(H,15,17). The van der Waals surface area contributed by atoms with Gasteiger partial charge in [-0.25, -0.2) is 13.1 Å². The Bertz CT molecular complexity index is 669. The van der Waals surface area contributed by atoms with Gasteiger partial charge in [0.15, 0.2) is 5.76 Å². The summed E-state index contributed by atoms with van der Waals surface area (Å²) in [6.45, 7) is 0.171. The van der Waals surface area contributed by atoms with Gasteiger partial charge in [-0.1, -0.05) is 6.07 Å². The van der Waals surface area contributed by atoms with E-state index in [1.807, 2.05) is 0 Å². The van der Waals surface area contributed by atoms with E-state index in [1.165, 1.54) is 12.3 Å². The van der Waals surface area contributed by atoms with Crippen LogP contribution >= 0.6 is 0 Å². The third-order valence-corrected chi connectivity index (χ3v) is 3.95. The first kappa shape index (κ1) is 15.2. The summed E-state index contributed by atoms with van der Waals surface area (Å²) in [4.78, 5) is 15.4. The summed E-state index contributed by atoms with van der Waals surface area (Å²) in [5, 5.41) is 2.48. The van der Waals surface area contributed by atoms with Crippen molar-refractivity contribution in [3.05, 3.63) is 54.2 Å². The van der Waals surface area contributed by atoms with Crippen LogP contribution in [-0.4, -0.2) is 31.6 Å². The van der Waals surface area contributed by atoms with Crippen LogP contribution in [0.4, 0.5) is 0 Å². The van der Waals surface area contributed by atoms with Crippen molar-refractivity contribution in [2.24, 2.45) is 0 Å². The molecule has 21 heavy (non-hydrogen) atoms. The first-order chi connectivity index (χ1) is 10.1. The molecule has 8 heteroatoms. The summed E-state index contributed by atoms with van der Waals surface area (Å²) in [6, 6.07) is 6.59. The summed E-state index contributed by atoms with van der Waals surface area (Å²) in [5.74, 6) is -0.502. The molecule has 2 aromatic heterocycles. The van der Waals surface area contributed by atoms with Crippen LogP contribution in [-0.2, 0) is 16.6 Å². The lowest BCUT2D eigenvalue weighted by Crippen LogP contribution is -2.34. The number of carbonyl (C=O) groups excluding carboxylic acids is 1. The number of rotatable bonds is 7. The molecule has 0 aliphatic heterocycles. The van der Waals surface area contributed by atoms with E-state index in [0.717, 1.165) is 5.56 Å². The minimum Gasteiger partial charge on any atom is -0.459 e. The molecule has 0 unspecified atom stereocenters. The van der Waals surface area contributed by atoms with Crippen LogP contribution in [0.2, 0.25) is 0 Å². The maximum absolute atomic E-state index is 11.8. The predicted molar refractivity (Wildman–Crippen MR) is 75.9 cm³/mol. The van der Waals surface area contributed by atoms with Gasteiger partial charge in [0, 0.05) is 25.5 Å². The fourth-order valence-corrected chi connectivity index (χ4v) is 2.46. The van der Waals surface area contributed by atoms with Crippen molar-refractivity contribution in [2.75, 3.05) is 12.3 Å². The van der Waals surface area contributed by atoms with E-state index in [9.17, 15) is 13.2 Å². The average molecular weight is 309 g/mol. The molecule has 0 aliphatic carbocycles. The molecule has 2 heterocycles. The molecule has 7 nitrogen and oxygen atoms in total. The van der Waals surface area contributed by atoms with Gasteiger partial charge in [0.05, 0.1) is 12.0 Å². The van der Waals surface area contributed by atoms with Gasteiger partial charge in [-0.3, -0.25) is 9.78 Å². The van der Waals surface area contributed by atoms with Crippen LogP contribution in [0.1, 0.15) is 16.1 Å². The highest BCUT2D eigenvalue weighted by atomic mass is 32.2. The Morgan fingerprint density at radius 2 is 2.14 bits per heavy atom. The van der Waals surface area contributed by atoms with Gasteiger partial charge in [-0.2, -0.15) is 0 Å².